The molecule has 2 fully saturated rings. The maximum atomic E-state index is 13.3. The average molecular weight is 439 g/mol. The second-order valence-corrected chi connectivity index (χ2v) is 8.94. The Morgan fingerprint density at radius 1 is 1.10 bits per heavy atom. The van der Waals surface area contributed by atoms with Crippen LogP contribution in [0.5, 0.6) is 0 Å². The fraction of sp³-hybridized carbons (Fsp3) is 0.391. The zero-order valence-electron chi connectivity index (χ0n) is 17.3. The molecule has 0 radical (unpaired) electrons. The summed E-state index contributed by atoms with van der Waals surface area (Å²) in [6.07, 6.45) is 4.43. The number of likely N-dealkylation sites (tertiary alicyclic amines) is 1. The van der Waals surface area contributed by atoms with Gasteiger partial charge >= 0.3 is 11.1 Å². The molecule has 31 heavy (non-hydrogen) atoms. The number of carbonyl (C=O) groups excluding carboxylic acids is 1. The molecule has 1 saturated carbocycles. The van der Waals surface area contributed by atoms with Crippen LogP contribution in [0.3, 0.4) is 0 Å². The Bertz CT molecular complexity index is 1290. The molecular formula is C23H23ClN4O3. The van der Waals surface area contributed by atoms with Gasteiger partial charge in [0.1, 0.15) is 0 Å². The highest BCUT2D eigenvalue weighted by Crippen LogP contribution is 2.50. The van der Waals surface area contributed by atoms with E-state index in [9.17, 15) is 14.4 Å². The second kappa shape index (κ2) is 7.34. The number of piperidine rings is 1. The highest BCUT2D eigenvalue weighted by atomic mass is 35.5. The van der Waals surface area contributed by atoms with Crippen molar-refractivity contribution in [3.05, 3.63) is 73.9 Å². The van der Waals surface area contributed by atoms with Gasteiger partial charge in [-0.3, -0.25) is 19.0 Å². The number of pyridine rings is 1. The Kier molecular flexibility index (Phi) is 4.73. The van der Waals surface area contributed by atoms with Crippen molar-refractivity contribution in [1.82, 2.24) is 19.0 Å². The van der Waals surface area contributed by atoms with Crippen LogP contribution in [0.2, 0.25) is 5.02 Å². The summed E-state index contributed by atoms with van der Waals surface area (Å²) in [4.78, 5) is 44.9. The average Bonchev–Trinajstić information content (AvgIpc) is 3.61. The van der Waals surface area contributed by atoms with E-state index in [1.165, 1.54) is 15.3 Å². The zero-order chi connectivity index (χ0) is 21.8. The first-order chi connectivity index (χ1) is 14.9. The molecule has 1 saturated heterocycles. The van der Waals surface area contributed by atoms with Crippen molar-refractivity contribution in [3.8, 4) is 0 Å². The van der Waals surface area contributed by atoms with Crippen molar-refractivity contribution in [2.45, 2.75) is 37.1 Å². The number of halogens is 1. The molecule has 0 N–H and O–H groups in total. The molecule has 2 aliphatic rings. The number of hydrogen-bond acceptors (Lipinski definition) is 4. The number of carbonyl (C=O) groups is 1. The van der Waals surface area contributed by atoms with Gasteiger partial charge in [-0.05, 0) is 37.3 Å². The first-order valence-corrected chi connectivity index (χ1v) is 10.9. The van der Waals surface area contributed by atoms with Crippen molar-refractivity contribution in [2.75, 3.05) is 13.1 Å². The number of rotatable bonds is 3. The van der Waals surface area contributed by atoms with Gasteiger partial charge in [0.2, 0.25) is 5.91 Å². The lowest BCUT2D eigenvalue weighted by Gasteiger charge is -2.35. The van der Waals surface area contributed by atoms with Gasteiger partial charge in [-0.1, -0.05) is 41.9 Å². The lowest BCUT2D eigenvalue weighted by atomic mass is 9.93. The van der Waals surface area contributed by atoms with Gasteiger partial charge in [0.05, 0.1) is 16.0 Å². The highest BCUT2D eigenvalue weighted by Gasteiger charge is 2.53. The van der Waals surface area contributed by atoms with Crippen LogP contribution in [0.15, 0.2) is 52.2 Å². The summed E-state index contributed by atoms with van der Waals surface area (Å²) in [5.74, 6) is 0.170. The second-order valence-electron chi connectivity index (χ2n) is 8.51. The Labute approximate surface area is 183 Å². The van der Waals surface area contributed by atoms with Crippen molar-refractivity contribution in [2.24, 2.45) is 7.05 Å². The fourth-order valence-corrected chi connectivity index (χ4v) is 4.93. The number of aryl methyl sites for hydroxylation is 1. The van der Waals surface area contributed by atoms with Crippen molar-refractivity contribution < 1.29 is 4.79 Å². The maximum absolute atomic E-state index is 13.3. The SMILES string of the molecule is Cn1c(=O)c(=O)n(C2CCN(C(=O)C3(c4ccccc4)CC3)CC2)c2ncc(Cl)cc21. The summed E-state index contributed by atoms with van der Waals surface area (Å²) in [5, 5.41) is 0.406. The minimum atomic E-state index is -0.601. The summed E-state index contributed by atoms with van der Waals surface area (Å²) in [6, 6.07) is 11.4. The normalized spacial score (nSPS) is 18.3. The van der Waals surface area contributed by atoms with Crippen LogP contribution >= 0.6 is 11.6 Å². The highest BCUT2D eigenvalue weighted by molar-refractivity contribution is 6.31. The molecule has 8 heteroatoms. The molecule has 1 aliphatic carbocycles. The molecule has 0 spiro atoms. The maximum Gasteiger partial charge on any atom is 0.318 e. The molecule has 1 aromatic carbocycles. The third kappa shape index (κ3) is 3.19. The van der Waals surface area contributed by atoms with Gasteiger partial charge in [0.25, 0.3) is 0 Å². The van der Waals surface area contributed by atoms with Crippen molar-refractivity contribution in [3.63, 3.8) is 0 Å². The van der Waals surface area contributed by atoms with Gasteiger partial charge in [0.15, 0.2) is 5.65 Å². The van der Waals surface area contributed by atoms with Crippen LogP contribution in [0, 0.1) is 0 Å². The van der Waals surface area contributed by atoms with E-state index in [0.29, 0.717) is 42.1 Å². The molecule has 0 unspecified atom stereocenters. The monoisotopic (exact) mass is 438 g/mol. The molecule has 160 valence electrons. The molecule has 0 atom stereocenters. The number of amides is 1. The third-order valence-electron chi connectivity index (χ3n) is 6.71. The summed E-state index contributed by atoms with van der Waals surface area (Å²) in [6.45, 7) is 1.10. The first kappa shape index (κ1) is 20.0. The summed E-state index contributed by atoms with van der Waals surface area (Å²) >= 11 is 6.06. The lowest BCUT2D eigenvalue weighted by Crippen LogP contribution is -2.47. The molecule has 7 nitrogen and oxygen atoms in total. The number of nitrogens with zero attached hydrogens (tertiary/aromatic N) is 4. The Morgan fingerprint density at radius 2 is 1.77 bits per heavy atom. The zero-order valence-corrected chi connectivity index (χ0v) is 18.0. The Hall–Kier alpha value is -2.93. The van der Waals surface area contributed by atoms with Gasteiger partial charge in [0, 0.05) is 32.4 Å². The van der Waals surface area contributed by atoms with E-state index >= 15 is 0 Å². The van der Waals surface area contributed by atoms with Crippen LogP contribution < -0.4 is 11.1 Å². The van der Waals surface area contributed by atoms with Crippen LogP contribution in [0.1, 0.15) is 37.3 Å². The molecule has 2 aromatic heterocycles. The summed E-state index contributed by atoms with van der Waals surface area (Å²) < 4.78 is 2.79. The number of benzene rings is 1. The Morgan fingerprint density at radius 3 is 2.42 bits per heavy atom. The van der Waals surface area contributed by atoms with E-state index in [0.717, 1.165) is 18.4 Å². The molecule has 1 amide bonds. The topological polar surface area (TPSA) is 77.2 Å². The van der Waals surface area contributed by atoms with Crippen LogP contribution in [0.25, 0.3) is 11.2 Å². The quantitative estimate of drug-likeness (QED) is 0.589. The minimum absolute atomic E-state index is 0.170. The van der Waals surface area contributed by atoms with Crippen molar-refractivity contribution >= 4 is 28.7 Å². The third-order valence-corrected chi connectivity index (χ3v) is 6.92. The summed E-state index contributed by atoms with van der Waals surface area (Å²) in [7, 11) is 1.55. The number of fused-ring (bicyclic) bond motifs is 1. The van der Waals surface area contributed by atoms with Gasteiger partial charge in [-0.15, -0.1) is 0 Å². The fourth-order valence-electron chi connectivity index (χ4n) is 4.78. The Balaban J connectivity index is 1.42. The van der Waals surface area contributed by atoms with Crippen LogP contribution in [-0.4, -0.2) is 38.0 Å². The van der Waals surface area contributed by atoms with E-state index in [1.54, 1.807) is 13.1 Å². The number of aromatic nitrogens is 3. The van der Waals surface area contributed by atoms with Gasteiger partial charge < -0.3 is 9.47 Å². The van der Waals surface area contributed by atoms with E-state index in [-0.39, 0.29) is 11.9 Å². The molecule has 3 aromatic rings. The number of hydrogen-bond donors (Lipinski definition) is 0. The lowest BCUT2D eigenvalue weighted by molar-refractivity contribution is -0.135. The van der Waals surface area contributed by atoms with Crippen LogP contribution in [-0.2, 0) is 17.3 Å². The smallest absolute Gasteiger partial charge is 0.318 e. The molecule has 5 rings (SSSR count). The van der Waals surface area contributed by atoms with E-state index in [2.05, 4.69) is 4.98 Å². The van der Waals surface area contributed by atoms with Crippen LogP contribution in [0.4, 0.5) is 0 Å². The molecule has 3 heterocycles. The van der Waals surface area contributed by atoms with E-state index in [4.69, 9.17) is 11.6 Å². The predicted octanol–water partition coefficient (Wildman–Crippen LogP) is 2.64. The van der Waals surface area contributed by atoms with Gasteiger partial charge in [-0.25, -0.2) is 4.98 Å². The molecular weight excluding hydrogens is 416 g/mol. The van der Waals surface area contributed by atoms with E-state index in [1.807, 2.05) is 35.2 Å². The minimum Gasteiger partial charge on any atom is -0.342 e. The first-order valence-electron chi connectivity index (χ1n) is 10.5. The molecule has 0 bridgehead atoms. The van der Waals surface area contributed by atoms with Gasteiger partial charge in [-0.2, -0.15) is 0 Å². The standard InChI is InChI=1S/C23H23ClN4O3/c1-26-18-13-16(24)14-25-19(18)28(21(30)20(26)29)17-7-11-27(12-8-17)22(31)23(9-10-23)15-5-3-2-4-6-15/h2-6,13-14,17H,7-12H2,1H3. The van der Waals surface area contributed by atoms with E-state index < -0.39 is 16.5 Å². The van der Waals surface area contributed by atoms with Crippen molar-refractivity contribution in [1.29, 1.82) is 0 Å². The largest absolute Gasteiger partial charge is 0.342 e. The summed E-state index contributed by atoms with van der Waals surface area (Å²) in [5.41, 5.74) is 0.477. The predicted molar refractivity (Wildman–Crippen MR) is 118 cm³/mol. The molecule has 1 aliphatic heterocycles.